The first-order valence-electron chi connectivity index (χ1n) is 11.5. The molecule has 2 saturated heterocycles. The first-order valence-corrected chi connectivity index (χ1v) is 12.9. The van der Waals surface area contributed by atoms with Crippen molar-refractivity contribution in [1.82, 2.24) is 19.0 Å². The van der Waals surface area contributed by atoms with Crippen molar-refractivity contribution < 1.29 is 18.0 Å². The molecule has 0 aliphatic carbocycles. The van der Waals surface area contributed by atoms with E-state index in [1.54, 1.807) is 46.4 Å². The minimum atomic E-state index is -3.64. The van der Waals surface area contributed by atoms with Gasteiger partial charge in [0.2, 0.25) is 15.9 Å². The number of amides is 2. The monoisotopic (exact) mass is 464 g/mol. The third kappa shape index (κ3) is 5.50. The van der Waals surface area contributed by atoms with Crippen LogP contribution in [-0.2, 0) is 14.8 Å². The van der Waals surface area contributed by atoms with Gasteiger partial charge in [-0.15, -0.1) is 0 Å². The quantitative estimate of drug-likeness (QED) is 0.664. The maximum atomic E-state index is 13.4. The van der Waals surface area contributed by atoms with Crippen LogP contribution in [0.3, 0.4) is 0 Å². The van der Waals surface area contributed by atoms with E-state index in [4.69, 9.17) is 0 Å². The fourth-order valence-corrected chi connectivity index (χ4v) is 6.12. The lowest BCUT2D eigenvalue weighted by Gasteiger charge is -2.32. The van der Waals surface area contributed by atoms with E-state index in [2.05, 4.69) is 4.90 Å². The molecule has 9 heteroatoms. The number of carbonyl (C=O) groups excluding carboxylic acids is 2. The Balaban J connectivity index is 1.76. The van der Waals surface area contributed by atoms with Crippen LogP contribution in [0.1, 0.15) is 48.5 Å². The van der Waals surface area contributed by atoms with Crippen molar-refractivity contribution in [2.24, 2.45) is 0 Å². The van der Waals surface area contributed by atoms with E-state index in [1.165, 1.54) is 0 Å². The summed E-state index contributed by atoms with van der Waals surface area (Å²) in [5.41, 5.74) is 1.21. The van der Waals surface area contributed by atoms with Crippen LogP contribution in [-0.4, -0.2) is 98.6 Å². The highest BCUT2D eigenvalue weighted by atomic mass is 32.2. The van der Waals surface area contributed by atoms with Gasteiger partial charge in [-0.2, -0.15) is 4.31 Å². The maximum absolute atomic E-state index is 13.4. The first kappa shape index (κ1) is 24.7. The molecule has 8 nitrogen and oxygen atoms in total. The van der Waals surface area contributed by atoms with Crippen molar-refractivity contribution in [2.45, 2.75) is 50.5 Å². The molecule has 3 rings (SSSR count). The molecule has 1 aromatic carbocycles. The Morgan fingerprint density at radius 3 is 2.47 bits per heavy atom. The van der Waals surface area contributed by atoms with Crippen LogP contribution in [0, 0.1) is 6.92 Å². The molecule has 1 unspecified atom stereocenters. The normalized spacial score (nSPS) is 21.2. The van der Waals surface area contributed by atoms with Crippen LogP contribution in [0.25, 0.3) is 0 Å². The van der Waals surface area contributed by atoms with Gasteiger partial charge in [-0.1, -0.05) is 12.5 Å². The highest BCUT2D eigenvalue weighted by Gasteiger charge is 2.32. The molecule has 2 heterocycles. The average molecular weight is 465 g/mol. The molecule has 0 N–H and O–H groups in total. The Bertz CT molecular complexity index is 947. The molecule has 178 valence electrons. The molecule has 0 radical (unpaired) electrons. The fourth-order valence-electron chi connectivity index (χ4n) is 4.39. The van der Waals surface area contributed by atoms with E-state index >= 15 is 0 Å². The molecule has 0 saturated carbocycles. The third-order valence-electron chi connectivity index (χ3n) is 6.52. The summed E-state index contributed by atoms with van der Waals surface area (Å²) >= 11 is 0. The number of benzene rings is 1. The molecule has 0 aromatic heterocycles. The summed E-state index contributed by atoms with van der Waals surface area (Å²) in [5.74, 6) is -0.0995. The molecular weight excluding hydrogens is 428 g/mol. The lowest BCUT2D eigenvalue weighted by Crippen LogP contribution is -2.42. The zero-order valence-electron chi connectivity index (χ0n) is 19.7. The number of piperidine rings is 1. The maximum Gasteiger partial charge on any atom is 0.254 e. The summed E-state index contributed by atoms with van der Waals surface area (Å²) in [4.78, 5) is 31.0. The van der Waals surface area contributed by atoms with E-state index in [0.717, 1.165) is 37.8 Å². The standard InChI is InChI=1S/C23H36N4O4S/c1-18-9-10-20(32(30,31)27-13-6-5-8-19(27)2)16-21(18)23(29)26-12-7-11-25(14-15-26)17-22(28)24(3)4/h9-10,16,19H,5-8,11-15,17H2,1-4H3. The van der Waals surface area contributed by atoms with Gasteiger partial charge in [0.25, 0.3) is 5.91 Å². The van der Waals surface area contributed by atoms with E-state index in [1.807, 2.05) is 13.8 Å². The molecular formula is C23H36N4O4S. The first-order chi connectivity index (χ1) is 15.1. The number of rotatable bonds is 5. The van der Waals surface area contributed by atoms with Crippen LogP contribution in [0.5, 0.6) is 0 Å². The van der Waals surface area contributed by atoms with Crippen LogP contribution >= 0.6 is 0 Å². The van der Waals surface area contributed by atoms with E-state index in [-0.39, 0.29) is 22.8 Å². The zero-order valence-corrected chi connectivity index (χ0v) is 20.5. The van der Waals surface area contributed by atoms with Gasteiger partial charge in [0.1, 0.15) is 0 Å². The van der Waals surface area contributed by atoms with Crippen molar-refractivity contribution in [1.29, 1.82) is 0 Å². The van der Waals surface area contributed by atoms with Gasteiger partial charge < -0.3 is 9.80 Å². The van der Waals surface area contributed by atoms with Gasteiger partial charge in [0.15, 0.2) is 0 Å². The minimum Gasteiger partial charge on any atom is -0.348 e. The van der Waals surface area contributed by atoms with Crippen molar-refractivity contribution in [3.63, 3.8) is 0 Å². The molecule has 0 bridgehead atoms. The second-order valence-electron chi connectivity index (χ2n) is 9.15. The fraction of sp³-hybridized carbons (Fsp3) is 0.652. The summed E-state index contributed by atoms with van der Waals surface area (Å²) in [6.07, 6.45) is 3.53. The number of likely N-dealkylation sites (N-methyl/N-ethyl adjacent to an activating group) is 1. The average Bonchev–Trinajstić information content (AvgIpc) is 2.99. The molecule has 2 fully saturated rings. The zero-order chi connectivity index (χ0) is 23.5. The Labute approximate surface area is 192 Å². The van der Waals surface area contributed by atoms with Crippen LogP contribution < -0.4 is 0 Å². The number of aryl methyl sites for hydroxylation is 1. The summed E-state index contributed by atoms with van der Waals surface area (Å²) in [6.45, 7) is 7.12. The predicted molar refractivity (Wildman–Crippen MR) is 124 cm³/mol. The molecule has 2 aliphatic rings. The second-order valence-corrected chi connectivity index (χ2v) is 11.0. The number of sulfonamides is 1. The Morgan fingerprint density at radius 1 is 1.03 bits per heavy atom. The van der Waals surface area contributed by atoms with E-state index in [9.17, 15) is 18.0 Å². The third-order valence-corrected chi connectivity index (χ3v) is 8.53. The van der Waals surface area contributed by atoms with Crippen LogP contribution in [0.4, 0.5) is 0 Å². The largest absolute Gasteiger partial charge is 0.348 e. The Kier molecular flexibility index (Phi) is 7.95. The number of hydrogen-bond acceptors (Lipinski definition) is 5. The summed E-state index contributed by atoms with van der Waals surface area (Å²) in [7, 11) is -0.159. The lowest BCUT2D eigenvalue weighted by molar-refractivity contribution is -0.129. The van der Waals surface area contributed by atoms with Gasteiger partial charge in [0, 0.05) is 58.4 Å². The molecule has 32 heavy (non-hydrogen) atoms. The summed E-state index contributed by atoms with van der Waals surface area (Å²) < 4.78 is 28.1. The highest BCUT2D eigenvalue weighted by molar-refractivity contribution is 7.89. The summed E-state index contributed by atoms with van der Waals surface area (Å²) in [6, 6.07) is 4.86. The smallest absolute Gasteiger partial charge is 0.254 e. The van der Waals surface area contributed by atoms with E-state index < -0.39 is 10.0 Å². The number of carbonyl (C=O) groups is 2. The van der Waals surface area contributed by atoms with Crippen LogP contribution in [0.15, 0.2) is 23.1 Å². The van der Waals surface area contributed by atoms with Crippen molar-refractivity contribution in [2.75, 3.05) is 53.4 Å². The SMILES string of the molecule is Cc1ccc(S(=O)(=O)N2CCCCC2C)cc1C(=O)N1CCCN(CC(=O)N(C)C)CC1. The second kappa shape index (κ2) is 10.3. The molecule has 2 amide bonds. The van der Waals surface area contributed by atoms with Crippen molar-refractivity contribution >= 4 is 21.8 Å². The molecule has 1 aromatic rings. The lowest BCUT2D eigenvalue weighted by atomic mass is 10.1. The van der Waals surface area contributed by atoms with Gasteiger partial charge in [-0.25, -0.2) is 8.42 Å². The van der Waals surface area contributed by atoms with Gasteiger partial charge in [-0.3, -0.25) is 14.5 Å². The molecule has 2 aliphatic heterocycles. The van der Waals surface area contributed by atoms with Crippen molar-refractivity contribution in [3.05, 3.63) is 29.3 Å². The molecule has 0 spiro atoms. The minimum absolute atomic E-state index is 0.0318. The topological polar surface area (TPSA) is 81.2 Å². The van der Waals surface area contributed by atoms with Crippen molar-refractivity contribution in [3.8, 4) is 0 Å². The number of nitrogens with zero attached hydrogens (tertiary/aromatic N) is 4. The van der Waals surface area contributed by atoms with Gasteiger partial charge >= 0.3 is 0 Å². The molecule has 1 atom stereocenters. The van der Waals surface area contributed by atoms with Gasteiger partial charge in [-0.05, 0) is 50.8 Å². The van der Waals surface area contributed by atoms with Gasteiger partial charge in [0.05, 0.1) is 11.4 Å². The summed E-state index contributed by atoms with van der Waals surface area (Å²) in [5, 5.41) is 0. The Morgan fingerprint density at radius 2 is 1.78 bits per heavy atom. The van der Waals surface area contributed by atoms with E-state index in [0.29, 0.717) is 38.3 Å². The highest BCUT2D eigenvalue weighted by Crippen LogP contribution is 2.27. The van der Waals surface area contributed by atoms with Crippen LogP contribution in [0.2, 0.25) is 0 Å². The Hall–Kier alpha value is -1.97. The predicted octanol–water partition coefficient (Wildman–Crippen LogP) is 1.79. The number of hydrogen-bond donors (Lipinski definition) is 0.